The fraction of sp³-hybridized carbons (Fsp3) is 0.304. The van der Waals surface area contributed by atoms with E-state index >= 15 is 0 Å². The molecule has 9 nitrogen and oxygen atoms in total. The van der Waals surface area contributed by atoms with E-state index in [1.165, 1.54) is 0 Å². The summed E-state index contributed by atoms with van der Waals surface area (Å²) in [5.41, 5.74) is 2.80. The van der Waals surface area contributed by atoms with E-state index in [1.807, 2.05) is 37.3 Å². The maximum absolute atomic E-state index is 13.0. The highest BCUT2D eigenvalue weighted by Crippen LogP contribution is 2.40. The summed E-state index contributed by atoms with van der Waals surface area (Å²) in [6.07, 6.45) is 4.20. The van der Waals surface area contributed by atoms with Crippen LogP contribution in [0.25, 0.3) is 11.4 Å². The summed E-state index contributed by atoms with van der Waals surface area (Å²) >= 11 is 0. The number of esters is 1. The Bertz CT molecular complexity index is 1190. The molecule has 0 spiro atoms. The number of carbonyl (C=O) groups is 1. The van der Waals surface area contributed by atoms with E-state index in [2.05, 4.69) is 15.3 Å². The van der Waals surface area contributed by atoms with Crippen LogP contribution in [0.1, 0.15) is 31.9 Å². The number of ether oxygens (including phenoxy) is 3. The van der Waals surface area contributed by atoms with Gasteiger partial charge in [0.05, 0.1) is 25.4 Å². The zero-order valence-corrected chi connectivity index (χ0v) is 17.9. The smallest absolute Gasteiger partial charge is 0.338 e. The van der Waals surface area contributed by atoms with E-state index in [9.17, 15) is 4.79 Å². The molecule has 32 heavy (non-hydrogen) atoms. The molecule has 2 aliphatic heterocycles. The van der Waals surface area contributed by atoms with Gasteiger partial charge >= 0.3 is 5.97 Å². The van der Waals surface area contributed by atoms with Gasteiger partial charge < -0.3 is 19.5 Å². The molecule has 0 fully saturated rings. The lowest BCUT2D eigenvalue weighted by Gasteiger charge is -2.28. The quantitative estimate of drug-likeness (QED) is 0.625. The van der Waals surface area contributed by atoms with Gasteiger partial charge in [0.25, 0.3) is 0 Å². The zero-order chi connectivity index (χ0) is 22.1. The van der Waals surface area contributed by atoms with Crippen LogP contribution in [0.4, 0.5) is 5.95 Å². The van der Waals surface area contributed by atoms with E-state index in [0.717, 1.165) is 17.5 Å². The number of carbonyl (C=O) groups excluding carboxylic acids is 1. The van der Waals surface area contributed by atoms with Gasteiger partial charge in [-0.1, -0.05) is 6.07 Å². The lowest BCUT2D eigenvalue weighted by Crippen LogP contribution is -2.29. The molecule has 1 aromatic carbocycles. The van der Waals surface area contributed by atoms with Crippen molar-refractivity contribution >= 4 is 11.9 Å². The highest BCUT2D eigenvalue weighted by molar-refractivity contribution is 5.92. The van der Waals surface area contributed by atoms with E-state index < -0.39 is 12.0 Å². The molecule has 9 heteroatoms. The third-order valence-electron chi connectivity index (χ3n) is 5.37. The molecule has 0 saturated heterocycles. The Morgan fingerprint density at radius 2 is 1.97 bits per heavy atom. The van der Waals surface area contributed by atoms with Gasteiger partial charge in [-0.2, -0.15) is 4.98 Å². The van der Waals surface area contributed by atoms with Crippen molar-refractivity contribution in [1.82, 2.24) is 19.7 Å². The third kappa shape index (κ3) is 3.55. The third-order valence-corrected chi connectivity index (χ3v) is 5.37. The van der Waals surface area contributed by atoms with Crippen molar-refractivity contribution in [3.05, 3.63) is 59.6 Å². The van der Waals surface area contributed by atoms with Crippen molar-refractivity contribution in [2.24, 2.45) is 0 Å². The average molecular weight is 433 g/mol. The second-order valence-corrected chi connectivity index (χ2v) is 7.48. The Morgan fingerprint density at radius 1 is 1.19 bits per heavy atom. The molecule has 4 heterocycles. The molecule has 2 aromatic heterocycles. The van der Waals surface area contributed by atoms with Gasteiger partial charge in [-0.15, -0.1) is 5.10 Å². The highest BCUT2D eigenvalue weighted by Gasteiger charge is 2.36. The Kier molecular flexibility index (Phi) is 5.22. The Morgan fingerprint density at radius 3 is 2.75 bits per heavy atom. The summed E-state index contributed by atoms with van der Waals surface area (Å²) in [6.45, 7) is 5.08. The maximum atomic E-state index is 13.0. The standard InChI is InChI=1S/C23H23N5O4/c1-3-30-22(29)19-14(2)25-23-26-21(15-7-9-24-10-8-15)27-28(23)20(19)16-5-6-17-18(13-16)32-12-4-11-31-17/h5-10,13,20H,3-4,11-12H2,1-2H3,(H,25,26,27). The van der Waals surface area contributed by atoms with Crippen LogP contribution in [0.2, 0.25) is 0 Å². The Labute approximate surface area is 185 Å². The van der Waals surface area contributed by atoms with Crippen molar-refractivity contribution in [1.29, 1.82) is 0 Å². The number of benzene rings is 1. The number of hydrogen-bond donors (Lipinski definition) is 1. The first-order valence-electron chi connectivity index (χ1n) is 10.6. The van der Waals surface area contributed by atoms with Gasteiger partial charge in [0, 0.05) is 30.1 Å². The number of hydrogen-bond acceptors (Lipinski definition) is 8. The number of nitrogens with zero attached hydrogens (tertiary/aromatic N) is 4. The topological polar surface area (TPSA) is 100 Å². The van der Waals surface area contributed by atoms with Gasteiger partial charge in [0.1, 0.15) is 6.04 Å². The van der Waals surface area contributed by atoms with Gasteiger partial charge in [-0.25, -0.2) is 9.48 Å². The number of nitrogens with one attached hydrogen (secondary N) is 1. The number of aromatic nitrogens is 4. The molecule has 0 bridgehead atoms. The van der Waals surface area contributed by atoms with E-state index in [1.54, 1.807) is 24.0 Å². The normalized spacial score (nSPS) is 17.2. The molecule has 0 radical (unpaired) electrons. The minimum Gasteiger partial charge on any atom is -0.490 e. The van der Waals surface area contributed by atoms with Crippen molar-refractivity contribution in [2.45, 2.75) is 26.3 Å². The first kappa shape index (κ1) is 20.0. The fourth-order valence-electron chi connectivity index (χ4n) is 3.91. The van der Waals surface area contributed by atoms with Crippen molar-refractivity contribution in [3.8, 4) is 22.9 Å². The number of anilines is 1. The Balaban J connectivity index is 1.64. The van der Waals surface area contributed by atoms with Crippen molar-refractivity contribution in [3.63, 3.8) is 0 Å². The molecule has 3 aromatic rings. The summed E-state index contributed by atoms with van der Waals surface area (Å²) < 4.78 is 18.8. The molecule has 2 aliphatic rings. The lowest BCUT2D eigenvalue weighted by atomic mass is 9.95. The van der Waals surface area contributed by atoms with Gasteiger partial charge in [-0.3, -0.25) is 4.98 Å². The molecule has 0 amide bonds. The van der Waals surface area contributed by atoms with Crippen LogP contribution in [0, 0.1) is 0 Å². The van der Waals surface area contributed by atoms with Crippen LogP contribution in [-0.4, -0.2) is 45.5 Å². The van der Waals surface area contributed by atoms with E-state index in [0.29, 0.717) is 47.8 Å². The fourth-order valence-corrected chi connectivity index (χ4v) is 3.91. The number of allylic oxidation sites excluding steroid dienone is 1. The SMILES string of the molecule is CCOC(=O)C1=C(C)Nc2nc(-c3ccncc3)nn2C1c1ccc2c(c1)OCCCO2. The number of pyridine rings is 1. The molecule has 1 atom stereocenters. The van der Waals surface area contributed by atoms with Crippen LogP contribution >= 0.6 is 0 Å². The van der Waals surface area contributed by atoms with Gasteiger partial charge in [-0.05, 0) is 43.7 Å². The zero-order valence-electron chi connectivity index (χ0n) is 17.9. The van der Waals surface area contributed by atoms with Gasteiger partial charge in [0.2, 0.25) is 5.95 Å². The first-order valence-corrected chi connectivity index (χ1v) is 10.6. The molecule has 164 valence electrons. The summed E-state index contributed by atoms with van der Waals surface area (Å²) in [7, 11) is 0. The van der Waals surface area contributed by atoms with E-state index in [-0.39, 0.29) is 6.61 Å². The van der Waals surface area contributed by atoms with Crippen LogP contribution in [0.5, 0.6) is 11.5 Å². The summed E-state index contributed by atoms with van der Waals surface area (Å²) in [6, 6.07) is 8.85. The monoisotopic (exact) mass is 433 g/mol. The van der Waals surface area contributed by atoms with Crippen LogP contribution in [-0.2, 0) is 9.53 Å². The first-order chi connectivity index (χ1) is 15.7. The molecule has 0 saturated carbocycles. The second kappa shape index (κ2) is 8.33. The van der Waals surface area contributed by atoms with Crippen LogP contribution in [0.15, 0.2) is 54.0 Å². The number of rotatable bonds is 4. The lowest BCUT2D eigenvalue weighted by molar-refractivity contribution is -0.139. The molecule has 1 N–H and O–H groups in total. The van der Waals surface area contributed by atoms with E-state index in [4.69, 9.17) is 19.3 Å². The minimum absolute atomic E-state index is 0.274. The minimum atomic E-state index is -0.537. The summed E-state index contributed by atoms with van der Waals surface area (Å²) in [5.74, 6) is 2.01. The Hall–Kier alpha value is -3.88. The molecular weight excluding hydrogens is 410 g/mol. The van der Waals surface area contributed by atoms with Crippen LogP contribution < -0.4 is 14.8 Å². The van der Waals surface area contributed by atoms with Gasteiger partial charge in [0.15, 0.2) is 17.3 Å². The predicted octanol–water partition coefficient (Wildman–Crippen LogP) is 3.35. The summed E-state index contributed by atoms with van der Waals surface area (Å²) in [4.78, 5) is 21.7. The average Bonchev–Trinajstić information content (AvgIpc) is 3.08. The molecule has 1 unspecified atom stereocenters. The largest absolute Gasteiger partial charge is 0.490 e. The van der Waals surface area contributed by atoms with Crippen molar-refractivity contribution < 1.29 is 19.0 Å². The molecule has 5 rings (SSSR count). The van der Waals surface area contributed by atoms with Crippen LogP contribution in [0.3, 0.4) is 0 Å². The maximum Gasteiger partial charge on any atom is 0.338 e. The highest BCUT2D eigenvalue weighted by atomic mass is 16.5. The van der Waals surface area contributed by atoms with Crippen molar-refractivity contribution in [2.75, 3.05) is 25.1 Å². The summed E-state index contributed by atoms with van der Waals surface area (Å²) in [5, 5.41) is 7.95. The molecule has 0 aliphatic carbocycles. The molecular formula is C23H23N5O4. The predicted molar refractivity (Wildman–Crippen MR) is 116 cm³/mol. The second-order valence-electron chi connectivity index (χ2n) is 7.48. The number of fused-ring (bicyclic) bond motifs is 2.